The standard InChI is InChI=1S/C11H17FN2O/c1-2-14(5-6-15)8-9-7-10(12)3-4-11(9)13/h3-4,7,15H,2,5-6,8,13H2,1H3. The van der Waals surface area contributed by atoms with Gasteiger partial charge in [0.05, 0.1) is 6.61 Å². The van der Waals surface area contributed by atoms with Gasteiger partial charge in [-0.2, -0.15) is 0 Å². The molecule has 0 bridgehead atoms. The first-order valence-corrected chi connectivity index (χ1v) is 5.04. The monoisotopic (exact) mass is 212 g/mol. The molecule has 0 atom stereocenters. The second kappa shape index (κ2) is 5.68. The summed E-state index contributed by atoms with van der Waals surface area (Å²) in [6, 6.07) is 4.36. The number of anilines is 1. The molecule has 1 aromatic carbocycles. The minimum Gasteiger partial charge on any atom is -0.398 e. The Morgan fingerprint density at radius 1 is 1.47 bits per heavy atom. The molecule has 3 nitrogen and oxygen atoms in total. The highest BCUT2D eigenvalue weighted by atomic mass is 19.1. The molecule has 0 saturated carbocycles. The minimum absolute atomic E-state index is 0.100. The van der Waals surface area contributed by atoms with Crippen LogP contribution in [0.15, 0.2) is 18.2 Å². The van der Waals surface area contributed by atoms with Crippen LogP contribution in [0.2, 0.25) is 0 Å². The van der Waals surface area contributed by atoms with Crippen LogP contribution in [0.1, 0.15) is 12.5 Å². The molecule has 0 aliphatic heterocycles. The first kappa shape index (κ1) is 11.9. The van der Waals surface area contributed by atoms with Gasteiger partial charge in [0.15, 0.2) is 0 Å². The Morgan fingerprint density at radius 2 is 2.20 bits per heavy atom. The van der Waals surface area contributed by atoms with Crippen LogP contribution in [0.25, 0.3) is 0 Å². The SMILES string of the molecule is CCN(CCO)Cc1cc(F)ccc1N. The van der Waals surface area contributed by atoms with Gasteiger partial charge >= 0.3 is 0 Å². The van der Waals surface area contributed by atoms with Gasteiger partial charge in [-0.1, -0.05) is 6.92 Å². The summed E-state index contributed by atoms with van der Waals surface area (Å²) in [5, 5.41) is 8.82. The van der Waals surface area contributed by atoms with E-state index >= 15 is 0 Å². The largest absolute Gasteiger partial charge is 0.398 e. The summed E-state index contributed by atoms with van der Waals surface area (Å²) in [6.45, 7) is 4.04. The molecule has 1 rings (SSSR count). The molecule has 0 heterocycles. The minimum atomic E-state index is -0.278. The number of nitrogen functional groups attached to an aromatic ring is 1. The molecule has 1 aromatic rings. The van der Waals surface area contributed by atoms with Gasteiger partial charge in [-0.25, -0.2) is 4.39 Å². The van der Waals surface area contributed by atoms with Crippen molar-refractivity contribution in [3.63, 3.8) is 0 Å². The van der Waals surface area contributed by atoms with Crippen molar-refractivity contribution in [2.75, 3.05) is 25.4 Å². The summed E-state index contributed by atoms with van der Waals surface area (Å²) < 4.78 is 13.0. The van der Waals surface area contributed by atoms with Crippen LogP contribution in [-0.4, -0.2) is 29.7 Å². The molecule has 0 aliphatic carbocycles. The first-order chi connectivity index (χ1) is 7.17. The average molecular weight is 212 g/mol. The maximum atomic E-state index is 13.0. The van der Waals surface area contributed by atoms with Crippen molar-refractivity contribution in [1.82, 2.24) is 4.90 Å². The molecule has 0 aromatic heterocycles. The number of aliphatic hydroxyl groups excluding tert-OH is 1. The van der Waals surface area contributed by atoms with E-state index in [0.29, 0.717) is 18.8 Å². The molecule has 0 aliphatic rings. The molecule has 0 radical (unpaired) electrons. The highest BCUT2D eigenvalue weighted by Crippen LogP contribution is 2.15. The van der Waals surface area contributed by atoms with Gasteiger partial charge in [0, 0.05) is 18.8 Å². The van der Waals surface area contributed by atoms with Gasteiger partial charge in [0.2, 0.25) is 0 Å². The van der Waals surface area contributed by atoms with Gasteiger partial charge in [0.25, 0.3) is 0 Å². The zero-order chi connectivity index (χ0) is 11.3. The normalized spacial score (nSPS) is 10.9. The Balaban J connectivity index is 2.73. The number of rotatable bonds is 5. The highest BCUT2D eigenvalue weighted by Gasteiger charge is 2.06. The van der Waals surface area contributed by atoms with E-state index in [-0.39, 0.29) is 12.4 Å². The number of nitrogens with two attached hydrogens (primary N) is 1. The second-order valence-electron chi connectivity index (χ2n) is 3.44. The van der Waals surface area contributed by atoms with Crippen LogP contribution in [0.3, 0.4) is 0 Å². The van der Waals surface area contributed by atoms with Gasteiger partial charge < -0.3 is 10.8 Å². The number of benzene rings is 1. The lowest BCUT2D eigenvalue weighted by Gasteiger charge is -2.20. The number of aliphatic hydroxyl groups is 1. The third-order valence-electron chi connectivity index (χ3n) is 2.36. The van der Waals surface area contributed by atoms with E-state index in [2.05, 4.69) is 0 Å². The lowest BCUT2D eigenvalue weighted by molar-refractivity contribution is 0.197. The zero-order valence-corrected chi connectivity index (χ0v) is 8.91. The average Bonchev–Trinajstić information content (AvgIpc) is 2.22. The Kier molecular flexibility index (Phi) is 4.52. The predicted molar refractivity (Wildman–Crippen MR) is 58.8 cm³/mol. The fourth-order valence-electron chi connectivity index (χ4n) is 1.44. The molecule has 0 saturated heterocycles. The van der Waals surface area contributed by atoms with Crippen LogP contribution in [0.4, 0.5) is 10.1 Å². The van der Waals surface area contributed by atoms with Crippen molar-refractivity contribution in [2.45, 2.75) is 13.5 Å². The summed E-state index contributed by atoms with van der Waals surface area (Å²) >= 11 is 0. The Morgan fingerprint density at radius 3 is 2.80 bits per heavy atom. The highest BCUT2D eigenvalue weighted by molar-refractivity contribution is 5.46. The predicted octanol–water partition coefficient (Wildman–Crippen LogP) is 1.22. The van der Waals surface area contributed by atoms with Crippen molar-refractivity contribution in [1.29, 1.82) is 0 Å². The Bertz CT molecular complexity index is 317. The van der Waals surface area contributed by atoms with E-state index in [0.717, 1.165) is 12.1 Å². The van der Waals surface area contributed by atoms with Crippen molar-refractivity contribution in [3.8, 4) is 0 Å². The zero-order valence-electron chi connectivity index (χ0n) is 8.91. The molecule has 0 unspecified atom stereocenters. The lowest BCUT2D eigenvalue weighted by Crippen LogP contribution is -2.26. The smallest absolute Gasteiger partial charge is 0.123 e. The molecule has 15 heavy (non-hydrogen) atoms. The molecular weight excluding hydrogens is 195 g/mol. The summed E-state index contributed by atoms with van der Waals surface area (Å²) in [7, 11) is 0. The molecule has 0 amide bonds. The van der Waals surface area contributed by atoms with E-state index in [1.807, 2.05) is 11.8 Å². The molecule has 0 spiro atoms. The third-order valence-corrected chi connectivity index (χ3v) is 2.36. The second-order valence-corrected chi connectivity index (χ2v) is 3.44. The van der Waals surface area contributed by atoms with E-state index in [4.69, 9.17) is 10.8 Å². The molecule has 4 heteroatoms. The van der Waals surface area contributed by atoms with E-state index < -0.39 is 0 Å². The Labute approximate surface area is 89.3 Å². The quantitative estimate of drug-likeness (QED) is 0.721. The van der Waals surface area contributed by atoms with Crippen LogP contribution >= 0.6 is 0 Å². The van der Waals surface area contributed by atoms with Gasteiger partial charge in [-0.15, -0.1) is 0 Å². The van der Waals surface area contributed by atoms with Crippen LogP contribution < -0.4 is 5.73 Å². The van der Waals surface area contributed by atoms with Crippen LogP contribution in [-0.2, 0) is 6.54 Å². The first-order valence-electron chi connectivity index (χ1n) is 5.04. The number of hydrogen-bond donors (Lipinski definition) is 2. The maximum absolute atomic E-state index is 13.0. The molecule has 0 fully saturated rings. The molecule has 3 N–H and O–H groups in total. The van der Waals surface area contributed by atoms with E-state index in [1.54, 1.807) is 6.07 Å². The topological polar surface area (TPSA) is 49.5 Å². The lowest BCUT2D eigenvalue weighted by atomic mass is 10.1. The van der Waals surface area contributed by atoms with E-state index in [9.17, 15) is 4.39 Å². The summed E-state index contributed by atoms with van der Waals surface area (Å²) in [6.07, 6.45) is 0. The van der Waals surface area contributed by atoms with Gasteiger partial charge in [-0.05, 0) is 30.3 Å². The van der Waals surface area contributed by atoms with Gasteiger partial charge in [-0.3, -0.25) is 4.90 Å². The molecule has 84 valence electrons. The van der Waals surface area contributed by atoms with Crippen molar-refractivity contribution < 1.29 is 9.50 Å². The summed E-state index contributed by atoms with van der Waals surface area (Å²) in [5.74, 6) is -0.278. The fourth-order valence-corrected chi connectivity index (χ4v) is 1.44. The third kappa shape index (κ3) is 3.49. The van der Waals surface area contributed by atoms with E-state index in [1.165, 1.54) is 12.1 Å². The van der Waals surface area contributed by atoms with Crippen molar-refractivity contribution in [2.24, 2.45) is 0 Å². The fraction of sp³-hybridized carbons (Fsp3) is 0.455. The van der Waals surface area contributed by atoms with Crippen molar-refractivity contribution >= 4 is 5.69 Å². The van der Waals surface area contributed by atoms with Gasteiger partial charge in [0.1, 0.15) is 5.82 Å². The number of halogens is 1. The number of nitrogens with zero attached hydrogens (tertiary/aromatic N) is 1. The maximum Gasteiger partial charge on any atom is 0.123 e. The number of likely N-dealkylation sites (N-methyl/N-ethyl adjacent to an activating group) is 1. The Hall–Kier alpha value is -1.13. The van der Waals surface area contributed by atoms with Crippen LogP contribution in [0.5, 0.6) is 0 Å². The number of hydrogen-bond acceptors (Lipinski definition) is 3. The van der Waals surface area contributed by atoms with Crippen molar-refractivity contribution in [3.05, 3.63) is 29.6 Å². The summed E-state index contributed by atoms with van der Waals surface area (Å²) in [5.41, 5.74) is 7.09. The van der Waals surface area contributed by atoms with Crippen LogP contribution in [0, 0.1) is 5.82 Å². The molecular formula is C11H17FN2O. The summed E-state index contributed by atoms with van der Waals surface area (Å²) in [4.78, 5) is 2.01.